The molecule has 0 aliphatic rings. The molecule has 0 fully saturated rings. The van der Waals surface area contributed by atoms with Gasteiger partial charge in [0.1, 0.15) is 5.01 Å². The number of fused-ring (bicyclic) bond motifs is 1. The average molecular weight is 319 g/mol. The van der Waals surface area contributed by atoms with Crippen LogP contribution >= 0.6 is 11.3 Å². The Balaban J connectivity index is 1.95. The Kier molecular flexibility index (Phi) is 3.60. The lowest BCUT2D eigenvalue weighted by molar-refractivity contribution is 0.601. The van der Waals surface area contributed by atoms with Crippen molar-refractivity contribution in [3.8, 4) is 0 Å². The van der Waals surface area contributed by atoms with Crippen molar-refractivity contribution < 1.29 is 8.42 Å². The Labute approximate surface area is 126 Å². The van der Waals surface area contributed by atoms with Crippen molar-refractivity contribution in [1.82, 2.24) is 10.2 Å². The van der Waals surface area contributed by atoms with Crippen LogP contribution in [0.1, 0.15) is 11.9 Å². The fourth-order valence-electron chi connectivity index (χ4n) is 1.95. The first-order chi connectivity index (χ1) is 10.1. The molecule has 7 heteroatoms. The second-order valence-corrected chi connectivity index (χ2v) is 7.21. The van der Waals surface area contributed by atoms with Crippen LogP contribution in [0.3, 0.4) is 0 Å². The summed E-state index contributed by atoms with van der Waals surface area (Å²) in [6.07, 6.45) is 0.732. The van der Waals surface area contributed by atoms with E-state index < -0.39 is 10.0 Å². The number of aromatic nitrogens is 2. The number of hydrogen-bond donors (Lipinski definition) is 1. The van der Waals surface area contributed by atoms with Gasteiger partial charge in [-0.3, -0.25) is 4.72 Å². The van der Waals surface area contributed by atoms with E-state index in [0.29, 0.717) is 5.13 Å². The zero-order chi connectivity index (χ0) is 14.9. The molecule has 0 spiro atoms. The van der Waals surface area contributed by atoms with Gasteiger partial charge in [0, 0.05) is 0 Å². The quantitative estimate of drug-likeness (QED) is 0.802. The largest absolute Gasteiger partial charge is 0.263 e. The number of anilines is 1. The molecule has 0 saturated heterocycles. The molecule has 3 aromatic rings. The predicted octanol–water partition coefficient (Wildman–Crippen LogP) is 3.05. The molecule has 108 valence electrons. The number of rotatable bonds is 4. The van der Waals surface area contributed by atoms with E-state index in [9.17, 15) is 8.42 Å². The molecule has 1 N–H and O–H groups in total. The molecular formula is C14H13N3O2S2. The third kappa shape index (κ3) is 2.88. The van der Waals surface area contributed by atoms with Crippen LogP contribution in [0.5, 0.6) is 0 Å². The van der Waals surface area contributed by atoms with Crippen LogP contribution in [0.2, 0.25) is 0 Å². The summed E-state index contributed by atoms with van der Waals surface area (Å²) in [6, 6.07) is 12.7. The van der Waals surface area contributed by atoms with Crippen LogP contribution in [-0.4, -0.2) is 18.6 Å². The second kappa shape index (κ2) is 5.42. The zero-order valence-electron chi connectivity index (χ0n) is 11.3. The van der Waals surface area contributed by atoms with Gasteiger partial charge in [0.25, 0.3) is 10.0 Å². The molecule has 1 heterocycles. The highest BCUT2D eigenvalue weighted by molar-refractivity contribution is 7.93. The Morgan fingerprint density at radius 1 is 1.10 bits per heavy atom. The summed E-state index contributed by atoms with van der Waals surface area (Å²) in [4.78, 5) is 0.217. The third-order valence-corrected chi connectivity index (χ3v) is 5.47. The van der Waals surface area contributed by atoms with Crippen LogP contribution in [0.4, 0.5) is 5.13 Å². The molecule has 0 bridgehead atoms. The lowest BCUT2D eigenvalue weighted by atomic mass is 10.1. The molecule has 2 aromatic carbocycles. The molecule has 5 nitrogen and oxygen atoms in total. The van der Waals surface area contributed by atoms with E-state index in [1.54, 1.807) is 18.2 Å². The monoisotopic (exact) mass is 319 g/mol. The highest BCUT2D eigenvalue weighted by atomic mass is 32.2. The molecule has 0 amide bonds. The van der Waals surface area contributed by atoms with Gasteiger partial charge < -0.3 is 0 Å². The van der Waals surface area contributed by atoms with Crippen molar-refractivity contribution in [2.45, 2.75) is 18.2 Å². The van der Waals surface area contributed by atoms with Crippen molar-refractivity contribution in [1.29, 1.82) is 0 Å². The highest BCUT2D eigenvalue weighted by Crippen LogP contribution is 2.23. The van der Waals surface area contributed by atoms with Crippen LogP contribution in [0.25, 0.3) is 10.8 Å². The topological polar surface area (TPSA) is 72.0 Å². The summed E-state index contributed by atoms with van der Waals surface area (Å²) in [5, 5.41) is 10.7. The molecule has 21 heavy (non-hydrogen) atoms. The van der Waals surface area contributed by atoms with Gasteiger partial charge in [-0.25, -0.2) is 8.42 Å². The summed E-state index contributed by atoms with van der Waals surface area (Å²) in [6.45, 7) is 1.95. The van der Waals surface area contributed by atoms with Crippen LogP contribution < -0.4 is 4.72 Å². The average Bonchev–Trinajstić information content (AvgIpc) is 2.93. The standard InChI is InChI=1S/C14H13N3O2S2/c1-2-13-15-16-14(20-13)17-21(18,19)12-8-7-10-5-3-4-6-11(10)9-12/h3-9H,2H2,1H3,(H,16,17). The van der Waals surface area contributed by atoms with E-state index in [1.165, 1.54) is 11.3 Å². The van der Waals surface area contributed by atoms with E-state index in [2.05, 4.69) is 14.9 Å². The van der Waals surface area contributed by atoms with Gasteiger partial charge in [-0.2, -0.15) is 0 Å². The lowest BCUT2D eigenvalue weighted by Gasteiger charge is -2.06. The molecule has 0 aliphatic heterocycles. The zero-order valence-corrected chi connectivity index (χ0v) is 12.9. The molecule has 0 atom stereocenters. The highest BCUT2D eigenvalue weighted by Gasteiger charge is 2.17. The minimum absolute atomic E-state index is 0.217. The third-order valence-electron chi connectivity index (χ3n) is 3.02. The van der Waals surface area contributed by atoms with Crippen LogP contribution in [0, 0.1) is 0 Å². The molecule has 0 radical (unpaired) electrons. The summed E-state index contributed by atoms with van der Waals surface area (Å²) < 4.78 is 27.2. The van der Waals surface area contributed by atoms with Crippen molar-refractivity contribution >= 4 is 37.3 Å². The van der Waals surface area contributed by atoms with E-state index in [0.717, 1.165) is 22.2 Å². The normalized spacial score (nSPS) is 11.7. The molecular weight excluding hydrogens is 306 g/mol. The van der Waals surface area contributed by atoms with Crippen molar-refractivity contribution in [3.63, 3.8) is 0 Å². The smallest absolute Gasteiger partial charge is 0.253 e. The Hall–Kier alpha value is -1.99. The Morgan fingerprint density at radius 3 is 2.57 bits per heavy atom. The molecule has 0 saturated carbocycles. The molecule has 0 unspecified atom stereocenters. The number of nitrogens with one attached hydrogen (secondary N) is 1. The fraction of sp³-hybridized carbons (Fsp3) is 0.143. The van der Waals surface area contributed by atoms with Gasteiger partial charge in [-0.15, -0.1) is 10.2 Å². The summed E-state index contributed by atoms with van der Waals surface area (Å²) in [5.74, 6) is 0. The predicted molar refractivity (Wildman–Crippen MR) is 84.0 cm³/mol. The Bertz CT molecular complexity index is 888. The lowest BCUT2D eigenvalue weighted by Crippen LogP contribution is -2.12. The van der Waals surface area contributed by atoms with Crippen LogP contribution in [-0.2, 0) is 16.4 Å². The fourth-order valence-corrected chi connectivity index (χ4v) is 3.89. The van der Waals surface area contributed by atoms with Gasteiger partial charge in [-0.1, -0.05) is 48.6 Å². The van der Waals surface area contributed by atoms with Gasteiger partial charge in [0.2, 0.25) is 5.13 Å². The van der Waals surface area contributed by atoms with Gasteiger partial charge >= 0.3 is 0 Å². The second-order valence-electron chi connectivity index (χ2n) is 4.47. The van der Waals surface area contributed by atoms with E-state index >= 15 is 0 Å². The number of hydrogen-bond acceptors (Lipinski definition) is 5. The molecule has 0 aliphatic carbocycles. The minimum atomic E-state index is -3.64. The summed E-state index contributed by atoms with van der Waals surface area (Å²) >= 11 is 1.25. The molecule has 3 rings (SSSR count). The minimum Gasteiger partial charge on any atom is -0.253 e. The molecule has 1 aromatic heterocycles. The van der Waals surface area contributed by atoms with Crippen LogP contribution in [0.15, 0.2) is 47.4 Å². The number of aryl methyl sites for hydroxylation is 1. The van der Waals surface area contributed by atoms with Gasteiger partial charge in [0.05, 0.1) is 4.90 Å². The van der Waals surface area contributed by atoms with Crippen molar-refractivity contribution in [2.24, 2.45) is 0 Å². The van der Waals surface area contributed by atoms with Crippen molar-refractivity contribution in [2.75, 3.05) is 4.72 Å². The van der Waals surface area contributed by atoms with Crippen molar-refractivity contribution in [3.05, 3.63) is 47.5 Å². The van der Waals surface area contributed by atoms with E-state index in [-0.39, 0.29) is 4.90 Å². The summed E-state index contributed by atoms with van der Waals surface area (Å²) in [7, 11) is -3.64. The SMILES string of the molecule is CCc1nnc(NS(=O)(=O)c2ccc3ccccc3c2)s1. The van der Waals surface area contributed by atoms with Gasteiger partial charge in [-0.05, 0) is 29.3 Å². The Morgan fingerprint density at radius 2 is 1.86 bits per heavy atom. The first kappa shape index (κ1) is 14.0. The maximum absolute atomic E-state index is 12.4. The maximum Gasteiger partial charge on any atom is 0.263 e. The summed E-state index contributed by atoms with van der Waals surface area (Å²) in [5.41, 5.74) is 0. The first-order valence-corrected chi connectivity index (χ1v) is 8.72. The van der Waals surface area contributed by atoms with E-state index in [4.69, 9.17) is 0 Å². The number of benzene rings is 2. The maximum atomic E-state index is 12.4. The van der Waals surface area contributed by atoms with E-state index in [1.807, 2.05) is 31.2 Å². The number of sulfonamides is 1. The number of nitrogens with zero attached hydrogens (tertiary/aromatic N) is 2. The van der Waals surface area contributed by atoms with Gasteiger partial charge in [0.15, 0.2) is 0 Å². The first-order valence-electron chi connectivity index (χ1n) is 6.42.